The highest BCUT2D eigenvalue weighted by atomic mass is 35.5. The fourth-order valence-corrected chi connectivity index (χ4v) is 1.66. The Morgan fingerprint density at radius 1 is 1.50 bits per heavy atom. The molecule has 1 unspecified atom stereocenters. The van der Waals surface area contributed by atoms with Crippen molar-refractivity contribution in [2.24, 2.45) is 5.73 Å². The van der Waals surface area contributed by atoms with Crippen LogP contribution in [-0.2, 0) is 0 Å². The molecule has 0 heterocycles. The van der Waals surface area contributed by atoms with E-state index in [-0.39, 0.29) is 6.04 Å². The highest BCUT2D eigenvalue weighted by Gasteiger charge is 2.07. The molecule has 0 bridgehead atoms. The molecule has 78 valence electrons. The standard InChI is InChI=1S/C11H16ClNO/c1-3-4-10(13)8-5-6-11(14-2)9(12)7-8/h5-7,10H,3-4,13H2,1-2H3. The van der Waals surface area contributed by atoms with Gasteiger partial charge >= 0.3 is 0 Å². The Morgan fingerprint density at radius 3 is 2.71 bits per heavy atom. The second kappa shape index (κ2) is 5.23. The van der Waals surface area contributed by atoms with Gasteiger partial charge in [-0.1, -0.05) is 31.0 Å². The predicted molar refractivity (Wildman–Crippen MR) is 59.8 cm³/mol. The molecular formula is C11H16ClNO. The zero-order valence-corrected chi connectivity index (χ0v) is 9.34. The number of halogens is 1. The molecule has 2 N–H and O–H groups in total. The third-order valence-electron chi connectivity index (χ3n) is 2.20. The largest absolute Gasteiger partial charge is 0.495 e. The maximum Gasteiger partial charge on any atom is 0.137 e. The number of ether oxygens (including phenoxy) is 1. The van der Waals surface area contributed by atoms with Gasteiger partial charge in [0.2, 0.25) is 0 Å². The Hall–Kier alpha value is -0.730. The SMILES string of the molecule is CCCC(N)c1ccc(OC)c(Cl)c1. The minimum Gasteiger partial charge on any atom is -0.495 e. The van der Waals surface area contributed by atoms with Crippen molar-refractivity contribution in [2.75, 3.05) is 7.11 Å². The fourth-order valence-electron chi connectivity index (χ4n) is 1.39. The Balaban J connectivity index is 2.85. The van der Waals surface area contributed by atoms with E-state index in [2.05, 4.69) is 6.92 Å². The van der Waals surface area contributed by atoms with Crippen molar-refractivity contribution in [1.29, 1.82) is 0 Å². The second-order valence-electron chi connectivity index (χ2n) is 3.29. The molecule has 0 radical (unpaired) electrons. The molecule has 0 spiro atoms. The van der Waals surface area contributed by atoms with E-state index in [0.29, 0.717) is 10.8 Å². The normalized spacial score (nSPS) is 12.6. The van der Waals surface area contributed by atoms with E-state index in [1.807, 2.05) is 18.2 Å². The number of hydrogen-bond donors (Lipinski definition) is 1. The third kappa shape index (κ3) is 2.63. The van der Waals surface area contributed by atoms with Gasteiger partial charge in [0, 0.05) is 6.04 Å². The summed E-state index contributed by atoms with van der Waals surface area (Å²) in [6.07, 6.45) is 2.05. The lowest BCUT2D eigenvalue weighted by Gasteiger charge is -2.12. The van der Waals surface area contributed by atoms with Crippen molar-refractivity contribution in [3.05, 3.63) is 28.8 Å². The Morgan fingerprint density at radius 2 is 2.21 bits per heavy atom. The summed E-state index contributed by atoms with van der Waals surface area (Å²) in [6, 6.07) is 5.77. The molecule has 0 aromatic heterocycles. The average Bonchev–Trinajstić information content (AvgIpc) is 2.18. The molecule has 1 rings (SSSR count). The highest BCUT2D eigenvalue weighted by molar-refractivity contribution is 6.32. The molecule has 0 amide bonds. The molecule has 0 saturated heterocycles. The summed E-state index contributed by atoms with van der Waals surface area (Å²) < 4.78 is 5.07. The topological polar surface area (TPSA) is 35.2 Å². The zero-order valence-electron chi connectivity index (χ0n) is 8.59. The van der Waals surface area contributed by atoms with Gasteiger partial charge in [0.25, 0.3) is 0 Å². The van der Waals surface area contributed by atoms with Gasteiger partial charge in [0.05, 0.1) is 12.1 Å². The van der Waals surface area contributed by atoms with Crippen LogP contribution in [0.1, 0.15) is 31.4 Å². The maximum atomic E-state index is 5.99. The van der Waals surface area contributed by atoms with Crippen molar-refractivity contribution in [1.82, 2.24) is 0 Å². The van der Waals surface area contributed by atoms with Crippen LogP contribution < -0.4 is 10.5 Å². The van der Waals surface area contributed by atoms with Crippen LogP contribution in [0.3, 0.4) is 0 Å². The number of nitrogens with two attached hydrogens (primary N) is 1. The third-order valence-corrected chi connectivity index (χ3v) is 2.50. The first-order valence-electron chi connectivity index (χ1n) is 4.78. The van der Waals surface area contributed by atoms with Crippen molar-refractivity contribution >= 4 is 11.6 Å². The van der Waals surface area contributed by atoms with Gasteiger partial charge in [-0.3, -0.25) is 0 Å². The highest BCUT2D eigenvalue weighted by Crippen LogP contribution is 2.28. The van der Waals surface area contributed by atoms with Crippen LogP contribution in [0.5, 0.6) is 5.75 Å². The minimum atomic E-state index is 0.0726. The molecule has 1 aromatic carbocycles. The number of rotatable bonds is 4. The summed E-state index contributed by atoms with van der Waals surface area (Å²) in [5.74, 6) is 0.694. The summed E-state index contributed by atoms with van der Waals surface area (Å²) in [5, 5.41) is 0.622. The fraction of sp³-hybridized carbons (Fsp3) is 0.455. The van der Waals surface area contributed by atoms with Crippen molar-refractivity contribution in [3.8, 4) is 5.75 Å². The van der Waals surface area contributed by atoms with Gasteiger partial charge < -0.3 is 10.5 Å². The Kier molecular flexibility index (Phi) is 4.23. The number of methoxy groups -OCH3 is 1. The summed E-state index contributed by atoms with van der Waals surface area (Å²) in [4.78, 5) is 0. The quantitative estimate of drug-likeness (QED) is 0.834. The van der Waals surface area contributed by atoms with E-state index in [1.165, 1.54) is 0 Å². The summed E-state index contributed by atoms with van der Waals surface area (Å²) in [6.45, 7) is 2.12. The van der Waals surface area contributed by atoms with E-state index in [0.717, 1.165) is 18.4 Å². The van der Waals surface area contributed by atoms with Gasteiger partial charge in [-0.25, -0.2) is 0 Å². The van der Waals surface area contributed by atoms with Crippen LogP contribution >= 0.6 is 11.6 Å². The minimum absolute atomic E-state index is 0.0726. The molecule has 0 fully saturated rings. The van der Waals surface area contributed by atoms with Gasteiger partial charge in [-0.05, 0) is 24.1 Å². The van der Waals surface area contributed by atoms with Crippen molar-refractivity contribution in [3.63, 3.8) is 0 Å². The van der Waals surface area contributed by atoms with Gasteiger partial charge in [-0.15, -0.1) is 0 Å². The van der Waals surface area contributed by atoms with Crippen molar-refractivity contribution < 1.29 is 4.74 Å². The van der Waals surface area contributed by atoms with Crippen LogP contribution in [0.2, 0.25) is 5.02 Å². The average molecular weight is 214 g/mol. The zero-order chi connectivity index (χ0) is 10.6. The Labute approximate surface area is 90.0 Å². The lowest BCUT2D eigenvalue weighted by Crippen LogP contribution is -2.09. The van der Waals surface area contributed by atoms with Crippen LogP contribution in [0.15, 0.2) is 18.2 Å². The molecule has 2 nitrogen and oxygen atoms in total. The van der Waals surface area contributed by atoms with Crippen LogP contribution in [-0.4, -0.2) is 7.11 Å². The van der Waals surface area contributed by atoms with E-state index in [4.69, 9.17) is 22.1 Å². The van der Waals surface area contributed by atoms with Crippen LogP contribution in [0.4, 0.5) is 0 Å². The number of benzene rings is 1. The number of hydrogen-bond acceptors (Lipinski definition) is 2. The molecule has 0 saturated carbocycles. The summed E-state index contributed by atoms with van der Waals surface area (Å²) >= 11 is 5.99. The second-order valence-corrected chi connectivity index (χ2v) is 3.70. The maximum absolute atomic E-state index is 5.99. The van der Waals surface area contributed by atoms with E-state index in [9.17, 15) is 0 Å². The van der Waals surface area contributed by atoms with E-state index < -0.39 is 0 Å². The first-order chi connectivity index (χ1) is 6.69. The predicted octanol–water partition coefficient (Wildman–Crippen LogP) is 3.15. The molecule has 0 aliphatic heterocycles. The molecule has 0 aliphatic carbocycles. The first kappa shape index (κ1) is 11.3. The van der Waals surface area contributed by atoms with Crippen LogP contribution in [0.25, 0.3) is 0 Å². The molecule has 0 aliphatic rings. The van der Waals surface area contributed by atoms with Crippen LogP contribution in [0, 0.1) is 0 Å². The smallest absolute Gasteiger partial charge is 0.137 e. The lowest BCUT2D eigenvalue weighted by atomic mass is 10.0. The molecular weight excluding hydrogens is 198 g/mol. The van der Waals surface area contributed by atoms with Crippen molar-refractivity contribution in [2.45, 2.75) is 25.8 Å². The van der Waals surface area contributed by atoms with Gasteiger partial charge in [0.1, 0.15) is 5.75 Å². The first-order valence-corrected chi connectivity index (χ1v) is 5.15. The Bertz CT molecular complexity index is 301. The van der Waals surface area contributed by atoms with E-state index >= 15 is 0 Å². The van der Waals surface area contributed by atoms with Gasteiger partial charge in [-0.2, -0.15) is 0 Å². The summed E-state index contributed by atoms with van der Waals surface area (Å²) in [5.41, 5.74) is 7.03. The van der Waals surface area contributed by atoms with Gasteiger partial charge in [0.15, 0.2) is 0 Å². The molecule has 3 heteroatoms. The molecule has 1 atom stereocenters. The molecule has 14 heavy (non-hydrogen) atoms. The summed E-state index contributed by atoms with van der Waals surface area (Å²) in [7, 11) is 1.60. The monoisotopic (exact) mass is 213 g/mol. The van der Waals surface area contributed by atoms with E-state index in [1.54, 1.807) is 7.11 Å². The molecule has 1 aromatic rings. The lowest BCUT2D eigenvalue weighted by molar-refractivity contribution is 0.414.